The van der Waals surface area contributed by atoms with Crippen molar-refractivity contribution in [3.8, 4) is 11.5 Å². The number of hydrogen-bond donors (Lipinski definition) is 4. The Kier molecular flexibility index (Phi) is 7.24. The highest BCUT2D eigenvalue weighted by Gasteiger charge is 2.49. The molecule has 6 rings (SSSR count). The highest BCUT2D eigenvalue weighted by atomic mass is 19.3. The van der Waals surface area contributed by atoms with E-state index in [0.717, 1.165) is 24.0 Å². The monoisotopic (exact) mass is 583 g/mol. The average Bonchev–Trinajstić information content (AvgIpc) is 3.80. The van der Waals surface area contributed by atoms with Crippen molar-refractivity contribution < 1.29 is 48.6 Å². The quantitative estimate of drug-likeness (QED) is 0.340. The summed E-state index contributed by atoms with van der Waals surface area (Å²) in [5, 5.41) is 33.2. The van der Waals surface area contributed by atoms with Crippen LogP contribution >= 0.6 is 0 Å². The minimum absolute atomic E-state index is 0.0293. The molecule has 0 bridgehead atoms. The number of carbonyl (C=O) groups excluding carboxylic acids is 2. The van der Waals surface area contributed by atoms with Gasteiger partial charge in [-0.15, -0.1) is 0 Å². The van der Waals surface area contributed by atoms with Crippen molar-refractivity contribution in [2.75, 3.05) is 13.7 Å². The van der Waals surface area contributed by atoms with Crippen molar-refractivity contribution >= 4 is 17.1 Å². The summed E-state index contributed by atoms with van der Waals surface area (Å²) in [4.78, 5) is 31.0. The number of rotatable bonds is 6. The zero-order valence-electron chi connectivity index (χ0n) is 23.6. The number of aliphatic hydroxyl groups is 2. The Morgan fingerprint density at radius 3 is 2.60 bits per heavy atom. The predicted octanol–water partition coefficient (Wildman–Crippen LogP) is 2.88. The number of ketones is 2. The van der Waals surface area contributed by atoms with Gasteiger partial charge >= 0.3 is 0 Å². The van der Waals surface area contributed by atoms with Crippen LogP contribution in [0.3, 0.4) is 0 Å². The molecule has 1 aliphatic heterocycles. The number of carbonyl (C=O) groups is 2. The molecular formula is C31H34FNO9. The molecule has 10 nitrogen and oxygen atoms in total. The first-order valence-corrected chi connectivity index (χ1v) is 14.1. The number of halogens is 1. The molecule has 224 valence electrons. The van der Waals surface area contributed by atoms with Crippen LogP contribution in [0.4, 0.5) is 4.53 Å². The third-order valence-corrected chi connectivity index (χ3v) is 9.08. The third-order valence-electron chi connectivity index (χ3n) is 9.08. The number of hydrogen-bond acceptors (Lipinski definition) is 10. The van der Waals surface area contributed by atoms with Gasteiger partial charge in [0.2, 0.25) is 5.78 Å². The van der Waals surface area contributed by atoms with Gasteiger partial charge in [0, 0.05) is 36.4 Å². The number of benzene rings is 2. The Morgan fingerprint density at radius 1 is 1.24 bits per heavy atom. The molecule has 2 aromatic carbocycles. The van der Waals surface area contributed by atoms with Crippen LogP contribution in [-0.2, 0) is 25.6 Å². The topological polar surface area (TPSA) is 158 Å². The molecule has 3 aliphatic carbocycles. The SMILES string of the molecule is COc1cccc2c1C(=O)c1c(O)c3c(c(C)c1C2=C1CC1)C[C@@](O)(C(=O)CO)C[C@@H]3O[C@H]1C[C@H](N)[C@@H](OF)[C@H](C)O1. The normalized spacial score (nSPS) is 30.0. The van der Waals surface area contributed by atoms with E-state index >= 15 is 0 Å². The minimum Gasteiger partial charge on any atom is -0.507 e. The maximum absolute atomic E-state index is 14.1. The number of aliphatic hydroxyl groups excluding tert-OH is 1. The highest BCUT2D eigenvalue weighted by Crippen LogP contribution is 2.55. The summed E-state index contributed by atoms with van der Waals surface area (Å²) in [6.45, 7) is 2.48. The molecule has 4 aliphatic rings. The second-order valence-corrected chi connectivity index (χ2v) is 11.6. The molecule has 1 saturated heterocycles. The number of methoxy groups -OCH3 is 1. The Balaban J connectivity index is 1.54. The summed E-state index contributed by atoms with van der Waals surface area (Å²) in [5.74, 6) is -1.14. The van der Waals surface area contributed by atoms with Gasteiger partial charge in [-0.2, -0.15) is 4.94 Å². The zero-order chi connectivity index (χ0) is 30.1. The number of nitrogens with two attached hydrogens (primary N) is 1. The second kappa shape index (κ2) is 10.5. The van der Waals surface area contributed by atoms with Crippen LogP contribution < -0.4 is 10.5 Å². The van der Waals surface area contributed by atoms with E-state index in [4.69, 9.17) is 19.9 Å². The lowest BCUT2D eigenvalue weighted by atomic mass is 9.69. The zero-order valence-corrected chi connectivity index (χ0v) is 23.6. The first-order chi connectivity index (χ1) is 20.0. The molecule has 0 radical (unpaired) electrons. The van der Waals surface area contributed by atoms with Crippen LogP contribution in [-0.4, -0.2) is 70.7 Å². The molecule has 0 unspecified atom stereocenters. The van der Waals surface area contributed by atoms with E-state index < -0.39 is 54.4 Å². The van der Waals surface area contributed by atoms with E-state index in [1.165, 1.54) is 7.11 Å². The fraction of sp³-hybridized carbons (Fsp3) is 0.484. The lowest BCUT2D eigenvalue weighted by Crippen LogP contribution is -2.53. The predicted molar refractivity (Wildman–Crippen MR) is 147 cm³/mol. The number of phenolic OH excluding ortho intramolecular Hbond substituents is 1. The van der Waals surface area contributed by atoms with Gasteiger partial charge in [0.25, 0.3) is 0 Å². The standard InChI is InChI=1S/C31H34FNO9/c1-13-17-10-31(38,21(35)12-34)11-20(41-22-9-18(33)30(42-32)14(2)40-22)26(17)29(37)27-23(13)24(15-7-8-15)16-5-4-6-19(39-3)25(16)28(27)36/h4-6,14,18,20,22,30,34,37-38H,7-12,33H2,1-3H3/t14-,18-,20-,22-,30-,31-/m0/s1. The van der Waals surface area contributed by atoms with Gasteiger partial charge in [-0.05, 0) is 59.5 Å². The summed E-state index contributed by atoms with van der Waals surface area (Å²) in [5.41, 5.74) is 9.07. The molecule has 2 fully saturated rings. The number of ether oxygens (including phenoxy) is 3. The minimum atomic E-state index is -2.02. The van der Waals surface area contributed by atoms with Gasteiger partial charge in [0.05, 0.1) is 30.4 Å². The number of aromatic hydroxyl groups is 1. The number of phenols is 1. The Morgan fingerprint density at radius 2 is 1.98 bits per heavy atom. The first kappa shape index (κ1) is 28.9. The Bertz CT molecular complexity index is 1500. The van der Waals surface area contributed by atoms with Crippen molar-refractivity contribution in [3.63, 3.8) is 0 Å². The molecule has 5 N–H and O–H groups in total. The van der Waals surface area contributed by atoms with Gasteiger partial charge in [-0.1, -0.05) is 17.7 Å². The maximum Gasteiger partial charge on any atom is 0.201 e. The van der Waals surface area contributed by atoms with E-state index in [2.05, 4.69) is 4.94 Å². The van der Waals surface area contributed by atoms with Gasteiger partial charge in [-0.25, -0.2) is 0 Å². The van der Waals surface area contributed by atoms with E-state index in [9.17, 15) is 29.4 Å². The van der Waals surface area contributed by atoms with Crippen molar-refractivity contribution in [2.24, 2.45) is 5.73 Å². The summed E-state index contributed by atoms with van der Waals surface area (Å²) in [6.07, 6.45) is -2.75. The smallest absolute Gasteiger partial charge is 0.201 e. The highest BCUT2D eigenvalue weighted by molar-refractivity contribution is 6.22. The van der Waals surface area contributed by atoms with E-state index in [1.54, 1.807) is 19.9 Å². The summed E-state index contributed by atoms with van der Waals surface area (Å²) < 4.78 is 30.7. The molecule has 1 heterocycles. The molecule has 1 saturated carbocycles. The van der Waals surface area contributed by atoms with Crippen LogP contribution in [0.5, 0.6) is 11.5 Å². The lowest BCUT2D eigenvalue weighted by molar-refractivity contribution is -0.292. The van der Waals surface area contributed by atoms with Crippen LogP contribution in [0.15, 0.2) is 23.8 Å². The van der Waals surface area contributed by atoms with Gasteiger partial charge in [-0.3, -0.25) is 9.59 Å². The molecule has 0 aromatic heterocycles. The maximum atomic E-state index is 14.1. The third kappa shape index (κ3) is 4.38. The van der Waals surface area contributed by atoms with E-state index in [0.29, 0.717) is 33.6 Å². The van der Waals surface area contributed by atoms with Crippen molar-refractivity contribution in [1.82, 2.24) is 0 Å². The van der Waals surface area contributed by atoms with Gasteiger partial charge in [0.15, 0.2) is 12.1 Å². The van der Waals surface area contributed by atoms with Crippen molar-refractivity contribution in [1.29, 1.82) is 0 Å². The fourth-order valence-electron chi connectivity index (χ4n) is 6.86. The Hall–Kier alpha value is -3.19. The van der Waals surface area contributed by atoms with E-state index in [1.807, 2.05) is 12.1 Å². The molecule has 0 spiro atoms. The molecule has 6 atom stereocenters. The summed E-state index contributed by atoms with van der Waals surface area (Å²) >= 11 is 0. The van der Waals surface area contributed by atoms with E-state index in [-0.39, 0.29) is 36.1 Å². The lowest BCUT2D eigenvalue weighted by Gasteiger charge is -2.42. The molecule has 0 amide bonds. The summed E-state index contributed by atoms with van der Waals surface area (Å²) in [7, 11) is 1.48. The summed E-state index contributed by atoms with van der Waals surface area (Å²) in [6, 6.07) is 4.59. The number of allylic oxidation sites excluding steroid dienone is 1. The van der Waals surface area contributed by atoms with Crippen LogP contribution in [0.25, 0.3) is 5.57 Å². The van der Waals surface area contributed by atoms with Crippen LogP contribution in [0.2, 0.25) is 0 Å². The van der Waals surface area contributed by atoms with Crippen molar-refractivity contribution in [3.05, 3.63) is 62.7 Å². The number of fused-ring (bicyclic) bond motifs is 3. The van der Waals surface area contributed by atoms with Gasteiger partial charge < -0.3 is 35.3 Å². The molecule has 2 aromatic rings. The van der Waals surface area contributed by atoms with Crippen molar-refractivity contribution in [2.45, 2.75) is 82.2 Å². The number of Topliss-reactive ketones (excluding diaryl/α,β-unsaturated/α-hetero) is 1. The molecule has 11 heteroatoms. The fourth-order valence-corrected chi connectivity index (χ4v) is 6.86. The largest absolute Gasteiger partial charge is 0.507 e. The first-order valence-electron chi connectivity index (χ1n) is 14.1. The van der Waals surface area contributed by atoms with Crippen LogP contribution in [0, 0.1) is 6.92 Å². The van der Waals surface area contributed by atoms with Crippen LogP contribution in [0.1, 0.15) is 82.4 Å². The Labute approximate surface area is 241 Å². The van der Waals surface area contributed by atoms with Gasteiger partial charge in [0.1, 0.15) is 29.8 Å². The average molecular weight is 584 g/mol. The molecule has 42 heavy (non-hydrogen) atoms. The second-order valence-electron chi connectivity index (χ2n) is 11.6. The molecular weight excluding hydrogens is 549 g/mol.